The summed E-state index contributed by atoms with van der Waals surface area (Å²) >= 11 is 6.13. The SMILES string of the molecule is Cc1c(C#N)cccc1[C@@H](C)Nc1nnc(CN(C)C)c2cnc(Cl)cc12. The fourth-order valence-corrected chi connectivity index (χ4v) is 3.28. The number of benzene rings is 1. The molecule has 3 aromatic rings. The first-order valence-corrected chi connectivity index (χ1v) is 9.00. The maximum absolute atomic E-state index is 9.27. The van der Waals surface area contributed by atoms with Gasteiger partial charge in [0.25, 0.3) is 0 Å². The van der Waals surface area contributed by atoms with Crippen molar-refractivity contribution in [3.8, 4) is 6.07 Å². The molecule has 1 atom stereocenters. The van der Waals surface area contributed by atoms with Crippen LogP contribution in [0.4, 0.5) is 5.82 Å². The zero-order chi connectivity index (χ0) is 19.6. The van der Waals surface area contributed by atoms with Crippen LogP contribution in [0.25, 0.3) is 10.8 Å². The van der Waals surface area contributed by atoms with Gasteiger partial charge < -0.3 is 10.2 Å². The molecule has 6 nitrogen and oxygen atoms in total. The van der Waals surface area contributed by atoms with E-state index in [4.69, 9.17) is 11.6 Å². The van der Waals surface area contributed by atoms with E-state index in [0.717, 1.165) is 27.6 Å². The molecule has 0 aliphatic rings. The van der Waals surface area contributed by atoms with E-state index in [2.05, 4.69) is 26.6 Å². The molecule has 0 saturated carbocycles. The summed E-state index contributed by atoms with van der Waals surface area (Å²) in [6.45, 7) is 4.65. The van der Waals surface area contributed by atoms with Crippen molar-refractivity contribution in [1.82, 2.24) is 20.1 Å². The highest BCUT2D eigenvalue weighted by atomic mass is 35.5. The fourth-order valence-electron chi connectivity index (χ4n) is 3.12. The average Bonchev–Trinajstić information content (AvgIpc) is 2.63. The molecule has 1 aromatic carbocycles. The smallest absolute Gasteiger partial charge is 0.157 e. The third-order valence-electron chi connectivity index (χ3n) is 4.49. The Hall–Kier alpha value is -2.75. The molecule has 0 saturated heterocycles. The first-order valence-electron chi connectivity index (χ1n) is 8.62. The summed E-state index contributed by atoms with van der Waals surface area (Å²) < 4.78 is 0. The van der Waals surface area contributed by atoms with Crippen molar-refractivity contribution in [2.75, 3.05) is 19.4 Å². The maximum Gasteiger partial charge on any atom is 0.157 e. The molecule has 0 unspecified atom stereocenters. The number of hydrogen-bond acceptors (Lipinski definition) is 6. The second kappa shape index (κ2) is 7.87. The minimum atomic E-state index is -0.0533. The third-order valence-corrected chi connectivity index (χ3v) is 4.70. The molecule has 138 valence electrons. The van der Waals surface area contributed by atoms with Gasteiger partial charge in [0, 0.05) is 23.5 Å². The number of nitrogens with one attached hydrogen (secondary N) is 1. The minimum absolute atomic E-state index is 0.0533. The molecule has 27 heavy (non-hydrogen) atoms. The number of anilines is 1. The molecule has 1 N–H and O–H groups in total. The number of nitrogens with zero attached hydrogens (tertiary/aromatic N) is 5. The van der Waals surface area contributed by atoms with E-state index in [-0.39, 0.29) is 6.04 Å². The molecule has 0 aliphatic carbocycles. The number of rotatable bonds is 5. The van der Waals surface area contributed by atoms with Gasteiger partial charge in [-0.3, -0.25) is 0 Å². The van der Waals surface area contributed by atoms with Gasteiger partial charge in [0.15, 0.2) is 5.82 Å². The summed E-state index contributed by atoms with van der Waals surface area (Å²) in [6.07, 6.45) is 1.74. The molecule has 0 amide bonds. The van der Waals surface area contributed by atoms with Gasteiger partial charge in [-0.2, -0.15) is 10.4 Å². The number of halogens is 1. The number of hydrogen-bond donors (Lipinski definition) is 1. The lowest BCUT2D eigenvalue weighted by Crippen LogP contribution is -2.15. The number of nitriles is 1. The van der Waals surface area contributed by atoms with E-state index in [1.807, 2.05) is 51.0 Å². The molecule has 7 heteroatoms. The highest BCUT2D eigenvalue weighted by Crippen LogP contribution is 2.29. The van der Waals surface area contributed by atoms with Crippen molar-refractivity contribution in [3.63, 3.8) is 0 Å². The topological polar surface area (TPSA) is 77.7 Å². The molecule has 2 aromatic heterocycles. The summed E-state index contributed by atoms with van der Waals surface area (Å²) in [5, 5.41) is 23.7. The van der Waals surface area contributed by atoms with E-state index in [0.29, 0.717) is 23.1 Å². The van der Waals surface area contributed by atoms with Crippen molar-refractivity contribution in [2.45, 2.75) is 26.4 Å². The van der Waals surface area contributed by atoms with E-state index in [9.17, 15) is 5.26 Å². The number of aromatic nitrogens is 3. The Morgan fingerprint density at radius 1 is 1.26 bits per heavy atom. The van der Waals surface area contributed by atoms with Crippen LogP contribution in [-0.4, -0.2) is 34.2 Å². The third kappa shape index (κ3) is 4.00. The van der Waals surface area contributed by atoms with Gasteiger partial charge in [-0.15, -0.1) is 5.10 Å². The zero-order valence-electron chi connectivity index (χ0n) is 15.8. The Bertz CT molecular complexity index is 1020. The zero-order valence-corrected chi connectivity index (χ0v) is 16.5. The first kappa shape index (κ1) is 19.0. The summed E-state index contributed by atoms with van der Waals surface area (Å²) in [4.78, 5) is 6.24. The van der Waals surface area contributed by atoms with Crippen LogP contribution in [0.3, 0.4) is 0 Å². The lowest BCUT2D eigenvalue weighted by molar-refractivity contribution is 0.397. The van der Waals surface area contributed by atoms with Crippen LogP contribution in [-0.2, 0) is 6.54 Å². The summed E-state index contributed by atoms with van der Waals surface area (Å²) in [5.74, 6) is 0.645. The van der Waals surface area contributed by atoms with Gasteiger partial charge in [0.1, 0.15) is 5.15 Å². The Morgan fingerprint density at radius 3 is 2.74 bits per heavy atom. The van der Waals surface area contributed by atoms with Crippen LogP contribution >= 0.6 is 11.6 Å². The van der Waals surface area contributed by atoms with E-state index in [1.54, 1.807) is 12.3 Å². The Morgan fingerprint density at radius 2 is 2.04 bits per heavy atom. The van der Waals surface area contributed by atoms with Crippen LogP contribution in [0.2, 0.25) is 5.15 Å². The van der Waals surface area contributed by atoms with Gasteiger partial charge in [-0.05, 0) is 51.2 Å². The molecule has 0 fully saturated rings. The van der Waals surface area contributed by atoms with Gasteiger partial charge >= 0.3 is 0 Å². The monoisotopic (exact) mass is 380 g/mol. The Balaban J connectivity index is 2.03. The molecule has 0 aliphatic heterocycles. The average molecular weight is 381 g/mol. The number of fused-ring (bicyclic) bond motifs is 1. The van der Waals surface area contributed by atoms with Crippen LogP contribution < -0.4 is 5.32 Å². The highest BCUT2D eigenvalue weighted by molar-refractivity contribution is 6.30. The van der Waals surface area contributed by atoms with Gasteiger partial charge in [-0.1, -0.05) is 23.7 Å². The minimum Gasteiger partial charge on any atom is -0.362 e. The van der Waals surface area contributed by atoms with Crippen molar-refractivity contribution in [3.05, 3.63) is 58.0 Å². The molecule has 0 bridgehead atoms. The second-order valence-corrected chi connectivity index (χ2v) is 7.17. The molecule has 0 spiro atoms. The van der Waals surface area contributed by atoms with Crippen LogP contribution in [0.1, 0.15) is 35.3 Å². The number of pyridine rings is 1. The molecule has 2 heterocycles. The van der Waals surface area contributed by atoms with Crippen LogP contribution in [0.15, 0.2) is 30.5 Å². The fraction of sp³-hybridized carbons (Fsp3) is 0.300. The molecule has 0 radical (unpaired) electrons. The normalized spacial score (nSPS) is 12.2. The predicted octanol–water partition coefficient (Wildman–Crippen LogP) is 4.09. The van der Waals surface area contributed by atoms with Crippen molar-refractivity contribution < 1.29 is 0 Å². The van der Waals surface area contributed by atoms with E-state index in [1.165, 1.54) is 0 Å². The second-order valence-electron chi connectivity index (χ2n) is 6.78. The van der Waals surface area contributed by atoms with Crippen molar-refractivity contribution >= 4 is 28.2 Å². The molecular weight excluding hydrogens is 360 g/mol. The Labute approximate surface area is 163 Å². The first-order chi connectivity index (χ1) is 12.9. The summed E-state index contributed by atoms with van der Waals surface area (Å²) in [6, 6.07) is 9.71. The van der Waals surface area contributed by atoms with Gasteiger partial charge in [0.2, 0.25) is 0 Å². The van der Waals surface area contributed by atoms with Gasteiger partial charge in [-0.25, -0.2) is 4.98 Å². The maximum atomic E-state index is 9.27. The van der Waals surface area contributed by atoms with Gasteiger partial charge in [0.05, 0.1) is 23.4 Å². The van der Waals surface area contributed by atoms with E-state index < -0.39 is 0 Å². The molecular formula is C20H21ClN6. The Kier molecular flexibility index (Phi) is 5.54. The van der Waals surface area contributed by atoms with Crippen molar-refractivity contribution in [2.24, 2.45) is 0 Å². The van der Waals surface area contributed by atoms with Crippen LogP contribution in [0.5, 0.6) is 0 Å². The highest BCUT2D eigenvalue weighted by Gasteiger charge is 2.16. The van der Waals surface area contributed by atoms with Crippen LogP contribution in [0, 0.1) is 18.3 Å². The van der Waals surface area contributed by atoms with Crippen molar-refractivity contribution in [1.29, 1.82) is 5.26 Å². The summed E-state index contributed by atoms with van der Waals surface area (Å²) in [5.41, 5.74) is 3.52. The lowest BCUT2D eigenvalue weighted by atomic mass is 9.98. The van der Waals surface area contributed by atoms with E-state index >= 15 is 0 Å². The molecule has 3 rings (SSSR count). The largest absolute Gasteiger partial charge is 0.362 e. The quantitative estimate of drug-likeness (QED) is 0.671. The predicted molar refractivity (Wildman–Crippen MR) is 108 cm³/mol. The lowest BCUT2D eigenvalue weighted by Gasteiger charge is -2.19. The standard InChI is InChI=1S/C20H21ClN6/c1-12-14(9-22)6-5-7-15(12)13(2)24-20-16-8-19(21)23-10-17(16)18(25-26-20)11-27(3)4/h5-8,10,13H,11H2,1-4H3,(H,24,26)/t13-/m1/s1. The summed E-state index contributed by atoms with van der Waals surface area (Å²) in [7, 11) is 3.96.